The van der Waals surface area contributed by atoms with E-state index in [1.807, 2.05) is 0 Å². The number of carboxylic acid groups (broad SMARTS) is 1. The highest BCUT2D eigenvalue weighted by atomic mass is 19.4. The molecule has 0 aromatic heterocycles. The molecule has 0 aliphatic carbocycles. The average Bonchev–Trinajstić information content (AvgIpc) is 1.97. The molecule has 0 rings (SSSR count). The van der Waals surface area contributed by atoms with Crippen molar-refractivity contribution < 1.29 is 23.1 Å². The Morgan fingerprint density at radius 2 is 1.80 bits per heavy atom. The Hall–Kier alpha value is -0.780. The third-order valence-corrected chi connectivity index (χ3v) is 2.15. The molecule has 0 radical (unpaired) electrons. The largest absolute Gasteiger partial charge is 0.481 e. The Balaban J connectivity index is 4.01. The first-order chi connectivity index (χ1) is 6.54. The zero-order valence-corrected chi connectivity index (χ0v) is 9.06. The lowest BCUT2D eigenvalue weighted by molar-refractivity contribution is -0.149. The predicted molar refractivity (Wildman–Crippen MR) is 49.6 cm³/mol. The molecule has 0 aliphatic rings. The van der Waals surface area contributed by atoms with E-state index >= 15 is 0 Å². The van der Waals surface area contributed by atoms with Crippen LogP contribution in [0.5, 0.6) is 0 Å². The van der Waals surface area contributed by atoms with Gasteiger partial charge in [0.05, 0.1) is 12.0 Å². The first kappa shape index (κ1) is 14.2. The minimum absolute atomic E-state index is 0.110. The number of aliphatic carboxylic acids is 1. The number of alkyl halides is 3. The second-order valence-electron chi connectivity index (χ2n) is 4.29. The van der Waals surface area contributed by atoms with Gasteiger partial charge in [0, 0.05) is 0 Å². The smallest absolute Gasteiger partial charge is 0.401 e. The fourth-order valence-corrected chi connectivity index (χ4v) is 0.962. The van der Waals surface area contributed by atoms with Crippen LogP contribution in [-0.4, -0.2) is 42.3 Å². The number of halogens is 3. The average molecular weight is 227 g/mol. The molecular weight excluding hydrogens is 211 g/mol. The van der Waals surface area contributed by atoms with Crippen LogP contribution in [0.25, 0.3) is 0 Å². The van der Waals surface area contributed by atoms with Gasteiger partial charge >= 0.3 is 12.1 Å². The van der Waals surface area contributed by atoms with Crippen molar-refractivity contribution >= 4 is 5.97 Å². The quantitative estimate of drug-likeness (QED) is 0.780. The number of carbonyl (C=O) groups is 1. The lowest BCUT2D eigenvalue weighted by Crippen LogP contribution is -2.35. The van der Waals surface area contributed by atoms with Crippen LogP contribution in [0.15, 0.2) is 0 Å². The Morgan fingerprint density at radius 3 is 2.13 bits per heavy atom. The van der Waals surface area contributed by atoms with Gasteiger partial charge in [-0.25, -0.2) is 0 Å². The van der Waals surface area contributed by atoms with Crippen LogP contribution in [0.1, 0.15) is 20.3 Å². The van der Waals surface area contributed by atoms with Gasteiger partial charge in [0.25, 0.3) is 0 Å². The minimum atomic E-state index is -4.23. The number of rotatable bonds is 5. The molecular formula is C9H16F3NO2. The molecule has 0 saturated carbocycles. The molecule has 0 unspecified atom stereocenters. The van der Waals surface area contributed by atoms with Crippen molar-refractivity contribution in [3.8, 4) is 0 Å². The van der Waals surface area contributed by atoms with Crippen molar-refractivity contribution in [1.29, 1.82) is 0 Å². The van der Waals surface area contributed by atoms with Crippen LogP contribution >= 0.6 is 0 Å². The molecule has 0 aliphatic heterocycles. The predicted octanol–water partition coefficient (Wildman–Crippen LogP) is 1.98. The van der Waals surface area contributed by atoms with Crippen LogP contribution in [-0.2, 0) is 4.79 Å². The number of hydrogen-bond acceptors (Lipinski definition) is 2. The van der Waals surface area contributed by atoms with Crippen LogP contribution in [0.4, 0.5) is 13.2 Å². The van der Waals surface area contributed by atoms with Crippen molar-refractivity contribution in [1.82, 2.24) is 4.90 Å². The van der Waals surface area contributed by atoms with Crippen LogP contribution in [0.3, 0.4) is 0 Å². The summed E-state index contributed by atoms with van der Waals surface area (Å²) < 4.78 is 35.8. The lowest BCUT2D eigenvalue weighted by Gasteiger charge is -2.24. The summed E-state index contributed by atoms with van der Waals surface area (Å²) in [6, 6.07) is 0. The van der Waals surface area contributed by atoms with Crippen molar-refractivity contribution in [3.05, 3.63) is 0 Å². The van der Waals surface area contributed by atoms with Gasteiger partial charge in [0.1, 0.15) is 0 Å². The van der Waals surface area contributed by atoms with Crippen LogP contribution in [0.2, 0.25) is 0 Å². The number of carboxylic acids is 1. The highest BCUT2D eigenvalue weighted by Crippen LogP contribution is 2.22. The molecule has 1 N–H and O–H groups in total. The number of nitrogens with zero attached hydrogens (tertiary/aromatic N) is 1. The van der Waals surface area contributed by atoms with E-state index in [4.69, 9.17) is 5.11 Å². The molecule has 0 fully saturated rings. The van der Waals surface area contributed by atoms with Gasteiger partial charge < -0.3 is 5.11 Å². The normalized spacial score (nSPS) is 13.3. The third-order valence-electron chi connectivity index (χ3n) is 2.15. The fourth-order valence-electron chi connectivity index (χ4n) is 0.962. The zero-order valence-electron chi connectivity index (χ0n) is 9.06. The Bertz CT molecular complexity index is 226. The third kappa shape index (κ3) is 6.33. The molecule has 0 aromatic rings. The summed E-state index contributed by atoms with van der Waals surface area (Å²) in [7, 11) is 1.32. The molecule has 0 atom stereocenters. The second kappa shape index (κ2) is 4.83. The molecule has 0 bridgehead atoms. The van der Waals surface area contributed by atoms with E-state index in [0.29, 0.717) is 0 Å². The van der Waals surface area contributed by atoms with Crippen LogP contribution in [0, 0.1) is 5.41 Å². The molecule has 6 heteroatoms. The summed E-state index contributed by atoms with van der Waals surface area (Å²) in [5, 5.41) is 8.75. The van der Waals surface area contributed by atoms with Gasteiger partial charge in [-0.15, -0.1) is 0 Å². The summed E-state index contributed by atoms with van der Waals surface area (Å²) in [4.78, 5) is 11.8. The van der Waals surface area contributed by atoms with E-state index < -0.39 is 24.1 Å². The maximum absolute atomic E-state index is 11.9. The Labute approximate surface area is 86.9 Å². The molecule has 0 amide bonds. The van der Waals surface area contributed by atoms with Crippen molar-refractivity contribution in [2.24, 2.45) is 5.41 Å². The highest BCUT2D eigenvalue weighted by Gasteiger charge is 2.31. The van der Waals surface area contributed by atoms with Gasteiger partial charge in [-0.3, -0.25) is 9.69 Å². The van der Waals surface area contributed by atoms with Gasteiger partial charge in [-0.1, -0.05) is 0 Å². The van der Waals surface area contributed by atoms with Gasteiger partial charge in [0.15, 0.2) is 0 Å². The van der Waals surface area contributed by atoms with Gasteiger partial charge in [-0.2, -0.15) is 13.2 Å². The Morgan fingerprint density at radius 1 is 1.33 bits per heavy atom. The monoisotopic (exact) mass is 227 g/mol. The molecule has 90 valence electrons. The minimum Gasteiger partial charge on any atom is -0.481 e. The number of hydrogen-bond donors (Lipinski definition) is 1. The molecule has 0 aromatic carbocycles. The summed E-state index contributed by atoms with van der Waals surface area (Å²) in [5.41, 5.74) is -0.986. The second-order valence-corrected chi connectivity index (χ2v) is 4.29. The van der Waals surface area contributed by atoms with E-state index in [-0.39, 0.29) is 13.0 Å². The van der Waals surface area contributed by atoms with E-state index in [0.717, 1.165) is 4.90 Å². The first-order valence-corrected chi connectivity index (χ1v) is 4.53. The van der Waals surface area contributed by atoms with Crippen molar-refractivity contribution in [2.45, 2.75) is 26.4 Å². The van der Waals surface area contributed by atoms with E-state index in [9.17, 15) is 18.0 Å². The van der Waals surface area contributed by atoms with Gasteiger partial charge in [-0.05, 0) is 33.9 Å². The maximum Gasteiger partial charge on any atom is 0.401 e. The highest BCUT2D eigenvalue weighted by molar-refractivity contribution is 5.73. The molecule has 3 nitrogen and oxygen atoms in total. The first-order valence-electron chi connectivity index (χ1n) is 4.53. The molecule has 0 spiro atoms. The Kier molecular flexibility index (Phi) is 4.58. The van der Waals surface area contributed by atoms with E-state index in [1.165, 1.54) is 20.9 Å². The summed E-state index contributed by atoms with van der Waals surface area (Å²) in [5.74, 6) is -0.997. The topological polar surface area (TPSA) is 40.5 Å². The maximum atomic E-state index is 11.9. The summed E-state index contributed by atoms with van der Waals surface area (Å²) in [6.07, 6.45) is -4.04. The fraction of sp³-hybridized carbons (Fsp3) is 0.889. The molecule has 0 saturated heterocycles. The molecule has 15 heavy (non-hydrogen) atoms. The summed E-state index contributed by atoms with van der Waals surface area (Å²) >= 11 is 0. The van der Waals surface area contributed by atoms with Crippen LogP contribution < -0.4 is 0 Å². The van der Waals surface area contributed by atoms with Crippen molar-refractivity contribution in [2.75, 3.05) is 20.1 Å². The molecule has 0 heterocycles. The standard InChI is InChI=1S/C9H16F3NO2/c1-8(2,7(14)15)4-5-13(3)6-9(10,11)12/h4-6H2,1-3H3,(H,14,15). The lowest BCUT2D eigenvalue weighted by atomic mass is 9.89. The van der Waals surface area contributed by atoms with Crippen molar-refractivity contribution in [3.63, 3.8) is 0 Å². The van der Waals surface area contributed by atoms with E-state index in [2.05, 4.69) is 0 Å². The van der Waals surface area contributed by atoms with Gasteiger partial charge in [0.2, 0.25) is 0 Å². The van der Waals surface area contributed by atoms with E-state index in [1.54, 1.807) is 0 Å². The SMILES string of the molecule is CN(CCC(C)(C)C(=O)O)CC(F)(F)F. The zero-order chi connectivity index (χ0) is 12.3. The summed E-state index contributed by atoms with van der Waals surface area (Å²) in [6.45, 7) is 2.09.